The van der Waals surface area contributed by atoms with Gasteiger partial charge in [-0.05, 0) is 0 Å². The molecule has 0 saturated carbocycles. The van der Waals surface area contributed by atoms with Gasteiger partial charge in [-0.15, -0.1) is 0 Å². The number of hydrogen-bond donors (Lipinski definition) is 0. The Morgan fingerprint density at radius 3 is 1.75 bits per heavy atom. The summed E-state index contributed by atoms with van der Waals surface area (Å²) in [5, 5.41) is 0. The molecule has 0 aromatic rings. The summed E-state index contributed by atoms with van der Waals surface area (Å²) in [6, 6.07) is 0. The molecule has 0 atom stereocenters. The van der Waals surface area contributed by atoms with Crippen LogP contribution in [-0.2, 0) is 4.79 Å². The molecular formula is C2H3OYb. The Hall–Kier alpha value is 1.19. The van der Waals surface area contributed by atoms with Crippen LogP contribution in [0.25, 0.3) is 0 Å². The minimum absolute atomic E-state index is 0. The fourth-order valence-corrected chi connectivity index (χ4v) is 0. The third-order valence-corrected chi connectivity index (χ3v) is 0. The molecule has 4 heavy (non-hydrogen) atoms. The molecule has 0 spiro atoms. The minimum atomic E-state index is 0. The van der Waals surface area contributed by atoms with Crippen LogP contribution in [0.4, 0.5) is 0 Å². The molecule has 0 aromatic heterocycles. The molecule has 0 heterocycles. The van der Waals surface area contributed by atoms with Gasteiger partial charge in [0.25, 0.3) is 0 Å². The van der Waals surface area contributed by atoms with Crippen molar-refractivity contribution < 1.29 is 51.7 Å². The first kappa shape index (κ1) is 8.95. The topological polar surface area (TPSA) is 17.1 Å². The van der Waals surface area contributed by atoms with Gasteiger partial charge in [0.2, 0.25) is 0 Å². The van der Waals surface area contributed by atoms with Gasteiger partial charge in [-0.25, -0.2) is 0 Å². The molecule has 0 bridgehead atoms. The van der Waals surface area contributed by atoms with Gasteiger partial charge >= 0.3 is 0 Å². The van der Waals surface area contributed by atoms with E-state index >= 15 is 0 Å². The molecule has 0 amide bonds. The molecule has 0 aliphatic rings. The van der Waals surface area contributed by atoms with Gasteiger partial charge in [-0.2, -0.15) is 0 Å². The Kier molecular flexibility index (Phi) is 19.9. The SMILES string of the molecule is C[C]=O.[Yb]. The van der Waals surface area contributed by atoms with Crippen LogP contribution in [0.3, 0.4) is 0 Å². The summed E-state index contributed by atoms with van der Waals surface area (Å²) >= 11 is 0. The van der Waals surface area contributed by atoms with E-state index in [1.165, 1.54) is 13.2 Å². The molecule has 31 valence electrons. The van der Waals surface area contributed by atoms with Crippen molar-refractivity contribution in [2.45, 2.75) is 6.92 Å². The number of hydrogen-bond acceptors (Lipinski definition) is 1. The minimum Gasteiger partial charge on any atom is -0.291 e. The zero-order valence-corrected chi connectivity index (χ0v) is 3.89. The molecule has 0 saturated heterocycles. The summed E-state index contributed by atoms with van der Waals surface area (Å²) in [7, 11) is 0. The van der Waals surface area contributed by atoms with Crippen LogP contribution >= 0.6 is 0 Å². The summed E-state index contributed by atoms with van der Waals surface area (Å²) in [4.78, 5) is 8.68. The molecule has 0 aliphatic carbocycles. The smallest absolute Gasteiger partial charge is 0.195 e. The van der Waals surface area contributed by atoms with Gasteiger partial charge < -0.3 is 0 Å². The molecule has 0 rings (SSSR count). The van der Waals surface area contributed by atoms with Crippen LogP contribution in [0.5, 0.6) is 0 Å². The molecule has 0 unspecified atom stereocenters. The monoisotopic (exact) mass is 217 g/mol. The zero-order valence-electron chi connectivity index (χ0n) is 2.18. The van der Waals surface area contributed by atoms with Crippen LogP contribution in [-0.4, -0.2) is 6.29 Å². The summed E-state index contributed by atoms with van der Waals surface area (Å²) in [6.07, 6.45) is 1.50. The van der Waals surface area contributed by atoms with E-state index in [0.29, 0.717) is 0 Å². The van der Waals surface area contributed by atoms with E-state index in [9.17, 15) is 0 Å². The fraction of sp³-hybridized carbons (Fsp3) is 0.500. The largest absolute Gasteiger partial charge is 0.291 e. The van der Waals surface area contributed by atoms with E-state index < -0.39 is 0 Å². The summed E-state index contributed by atoms with van der Waals surface area (Å²) < 4.78 is 0. The van der Waals surface area contributed by atoms with Gasteiger partial charge in [0.15, 0.2) is 6.29 Å². The number of carbonyl (C=O) groups excluding carboxylic acids is 1. The maximum absolute atomic E-state index is 8.68. The molecular weight excluding hydrogens is 213 g/mol. The van der Waals surface area contributed by atoms with Crippen molar-refractivity contribution >= 4 is 6.29 Å². The van der Waals surface area contributed by atoms with E-state index in [2.05, 4.69) is 0 Å². The van der Waals surface area contributed by atoms with E-state index in [-0.39, 0.29) is 46.9 Å². The van der Waals surface area contributed by atoms with Crippen molar-refractivity contribution in [3.05, 3.63) is 0 Å². The van der Waals surface area contributed by atoms with Crippen molar-refractivity contribution in [2.75, 3.05) is 0 Å². The van der Waals surface area contributed by atoms with E-state index in [4.69, 9.17) is 4.79 Å². The Balaban J connectivity index is 0. The summed E-state index contributed by atoms with van der Waals surface area (Å²) in [5.41, 5.74) is 0. The predicted octanol–water partition coefficient (Wildman–Crippen LogP) is 0.116. The summed E-state index contributed by atoms with van der Waals surface area (Å²) in [5.74, 6) is 0. The second-order valence-corrected chi connectivity index (χ2v) is 0.204. The average Bonchev–Trinajstić information content (AvgIpc) is 0.918. The Labute approximate surface area is 64.0 Å². The van der Waals surface area contributed by atoms with E-state index in [1.807, 2.05) is 0 Å². The van der Waals surface area contributed by atoms with Crippen LogP contribution in [0.15, 0.2) is 0 Å². The van der Waals surface area contributed by atoms with Gasteiger partial charge in [-0.1, -0.05) is 0 Å². The maximum atomic E-state index is 8.68. The standard InChI is InChI=1S/C2H3O.Yb/c1-2-3;/h1H3;. The number of rotatable bonds is 0. The van der Waals surface area contributed by atoms with Crippen LogP contribution in [0.1, 0.15) is 6.92 Å². The molecule has 0 aromatic carbocycles. The molecule has 1 nitrogen and oxygen atoms in total. The van der Waals surface area contributed by atoms with Crippen LogP contribution in [0, 0.1) is 46.9 Å². The predicted molar refractivity (Wildman–Crippen MR) is 11.4 cm³/mol. The second-order valence-electron chi connectivity index (χ2n) is 0.204. The van der Waals surface area contributed by atoms with Crippen LogP contribution < -0.4 is 0 Å². The Morgan fingerprint density at radius 1 is 1.75 bits per heavy atom. The molecule has 0 N–H and O–H groups in total. The van der Waals surface area contributed by atoms with Crippen molar-refractivity contribution in [1.29, 1.82) is 0 Å². The molecule has 0 aliphatic heterocycles. The molecule has 1 radical (unpaired) electrons. The van der Waals surface area contributed by atoms with Gasteiger partial charge in [0.05, 0.1) is 0 Å². The Bertz CT molecular complexity index is 13.5. The van der Waals surface area contributed by atoms with Crippen molar-refractivity contribution in [3.8, 4) is 0 Å². The molecule has 0 fully saturated rings. The zero-order chi connectivity index (χ0) is 2.71. The van der Waals surface area contributed by atoms with Crippen molar-refractivity contribution in [3.63, 3.8) is 0 Å². The quantitative estimate of drug-likeness (QED) is 0.562. The average molecular weight is 216 g/mol. The van der Waals surface area contributed by atoms with E-state index in [0.717, 1.165) is 0 Å². The maximum Gasteiger partial charge on any atom is 0.195 e. The second kappa shape index (κ2) is 8.89. The summed E-state index contributed by atoms with van der Waals surface area (Å²) in [6.45, 7) is 1.32. The van der Waals surface area contributed by atoms with Crippen molar-refractivity contribution in [1.82, 2.24) is 0 Å². The first-order valence-corrected chi connectivity index (χ1v) is 0.704. The Morgan fingerprint density at radius 2 is 1.75 bits per heavy atom. The van der Waals surface area contributed by atoms with Crippen molar-refractivity contribution in [2.24, 2.45) is 0 Å². The molecule has 2 heteroatoms. The van der Waals surface area contributed by atoms with Crippen LogP contribution in [0.2, 0.25) is 0 Å². The first-order valence-electron chi connectivity index (χ1n) is 0.704. The normalized spacial score (nSPS) is 3.25. The fourth-order valence-electron chi connectivity index (χ4n) is 0. The first-order chi connectivity index (χ1) is 1.41. The van der Waals surface area contributed by atoms with Gasteiger partial charge in [0, 0.05) is 53.8 Å². The van der Waals surface area contributed by atoms with Gasteiger partial charge in [0.1, 0.15) is 0 Å². The third-order valence-electron chi connectivity index (χ3n) is 0. The van der Waals surface area contributed by atoms with E-state index in [1.54, 1.807) is 0 Å². The van der Waals surface area contributed by atoms with Gasteiger partial charge in [-0.3, -0.25) is 4.79 Å². The third kappa shape index (κ3) is 10.8.